The molecule has 0 aliphatic rings. The van der Waals surface area contributed by atoms with Crippen molar-refractivity contribution >= 4 is 17.4 Å². The van der Waals surface area contributed by atoms with E-state index in [0.717, 1.165) is 18.4 Å². The monoisotopic (exact) mass is 214 g/mol. The molecule has 0 fully saturated rings. The van der Waals surface area contributed by atoms with Crippen LogP contribution in [0.2, 0.25) is 5.02 Å². The van der Waals surface area contributed by atoms with Gasteiger partial charge in [-0.1, -0.05) is 17.7 Å². The standard InChI is InChI=1S/C11H12ClFO/c1-8(14)3-2-4-9-5-6-10(13)7-11(9)12/h5-7H,2-4H2,1H3. The lowest BCUT2D eigenvalue weighted by atomic mass is 10.1. The fourth-order valence-electron chi connectivity index (χ4n) is 1.25. The average Bonchev–Trinajstić information content (AvgIpc) is 2.08. The van der Waals surface area contributed by atoms with E-state index in [1.54, 1.807) is 13.0 Å². The summed E-state index contributed by atoms with van der Waals surface area (Å²) in [6, 6.07) is 4.34. The molecule has 0 unspecified atom stereocenters. The molecule has 1 rings (SSSR count). The van der Waals surface area contributed by atoms with Crippen molar-refractivity contribution in [2.45, 2.75) is 26.2 Å². The normalized spacial score (nSPS) is 10.2. The first kappa shape index (κ1) is 11.2. The van der Waals surface area contributed by atoms with Crippen LogP contribution in [0.4, 0.5) is 4.39 Å². The number of aryl methyl sites for hydroxylation is 1. The van der Waals surface area contributed by atoms with Crippen LogP contribution in [0.5, 0.6) is 0 Å². The largest absolute Gasteiger partial charge is 0.300 e. The molecule has 0 amide bonds. The molecule has 1 nitrogen and oxygen atoms in total. The van der Waals surface area contributed by atoms with Gasteiger partial charge in [-0.2, -0.15) is 0 Å². The molecule has 76 valence electrons. The van der Waals surface area contributed by atoms with Crippen LogP contribution in [-0.2, 0) is 11.2 Å². The lowest BCUT2D eigenvalue weighted by Gasteiger charge is -2.02. The average molecular weight is 215 g/mol. The number of ketones is 1. The summed E-state index contributed by atoms with van der Waals surface area (Å²) >= 11 is 5.82. The molecule has 0 saturated carbocycles. The second-order valence-electron chi connectivity index (χ2n) is 3.29. The van der Waals surface area contributed by atoms with Crippen molar-refractivity contribution in [1.82, 2.24) is 0 Å². The fraction of sp³-hybridized carbons (Fsp3) is 0.364. The summed E-state index contributed by atoms with van der Waals surface area (Å²) in [6.07, 6.45) is 2.03. The van der Waals surface area contributed by atoms with E-state index in [4.69, 9.17) is 11.6 Å². The highest BCUT2D eigenvalue weighted by molar-refractivity contribution is 6.31. The fourth-order valence-corrected chi connectivity index (χ4v) is 1.51. The van der Waals surface area contributed by atoms with Gasteiger partial charge in [0.1, 0.15) is 11.6 Å². The number of carbonyl (C=O) groups excluding carboxylic acids is 1. The minimum absolute atomic E-state index is 0.170. The number of halogens is 2. The van der Waals surface area contributed by atoms with Crippen molar-refractivity contribution in [2.24, 2.45) is 0 Å². The number of Topliss-reactive ketones (excluding diaryl/α,β-unsaturated/α-hetero) is 1. The summed E-state index contributed by atoms with van der Waals surface area (Å²) in [5.74, 6) is -0.159. The van der Waals surface area contributed by atoms with Gasteiger partial charge in [-0.05, 0) is 37.5 Å². The Labute approximate surface area is 87.9 Å². The van der Waals surface area contributed by atoms with Crippen LogP contribution in [0.1, 0.15) is 25.3 Å². The first-order valence-electron chi connectivity index (χ1n) is 4.53. The summed E-state index contributed by atoms with van der Waals surface area (Å²) in [7, 11) is 0. The molecule has 0 spiro atoms. The zero-order valence-corrected chi connectivity index (χ0v) is 8.77. The highest BCUT2D eigenvalue weighted by Crippen LogP contribution is 2.19. The van der Waals surface area contributed by atoms with Gasteiger partial charge in [0.25, 0.3) is 0 Å². The van der Waals surface area contributed by atoms with Crippen molar-refractivity contribution in [3.63, 3.8) is 0 Å². The lowest BCUT2D eigenvalue weighted by Crippen LogP contribution is -1.93. The topological polar surface area (TPSA) is 17.1 Å². The molecular weight excluding hydrogens is 203 g/mol. The minimum Gasteiger partial charge on any atom is -0.300 e. The summed E-state index contributed by atoms with van der Waals surface area (Å²) in [6.45, 7) is 1.56. The van der Waals surface area contributed by atoms with E-state index < -0.39 is 0 Å². The van der Waals surface area contributed by atoms with Crippen molar-refractivity contribution < 1.29 is 9.18 Å². The quantitative estimate of drug-likeness (QED) is 0.751. The molecule has 0 heterocycles. The Morgan fingerprint density at radius 2 is 2.21 bits per heavy atom. The van der Waals surface area contributed by atoms with Gasteiger partial charge >= 0.3 is 0 Å². The Kier molecular flexibility index (Phi) is 4.08. The van der Waals surface area contributed by atoms with Crippen molar-refractivity contribution in [3.05, 3.63) is 34.6 Å². The van der Waals surface area contributed by atoms with Gasteiger partial charge in [-0.3, -0.25) is 0 Å². The second-order valence-corrected chi connectivity index (χ2v) is 3.70. The molecule has 0 atom stereocenters. The summed E-state index contributed by atoms with van der Waals surface area (Å²) in [5, 5.41) is 0.438. The number of hydrogen-bond donors (Lipinski definition) is 0. The van der Waals surface area contributed by atoms with Crippen LogP contribution in [0.3, 0.4) is 0 Å². The van der Waals surface area contributed by atoms with E-state index in [1.807, 2.05) is 0 Å². The van der Waals surface area contributed by atoms with Gasteiger partial charge in [0.05, 0.1) is 0 Å². The molecule has 0 aliphatic heterocycles. The number of hydrogen-bond acceptors (Lipinski definition) is 1. The highest BCUT2D eigenvalue weighted by atomic mass is 35.5. The van der Waals surface area contributed by atoms with Gasteiger partial charge < -0.3 is 4.79 Å². The molecule has 0 aromatic heterocycles. The molecule has 3 heteroatoms. The van der Waals surface area contributed by atoms with E-state index in [-0.39, 0.29) is 11.6 Å². The lowest BCUT2D eigenvalue weighted by molar-refractivity contribution is -0.117. The van der Waals surface area contributed by atoms with Crippen molar-refractivity contribution in [1.29, 1.82) is 0 Å². The van der Waals surface area contributed by atoms with Crippen LogP contribution < -0.4 is 0 Å². The first-order valence-corrected chi connectivity index (χ1v) is 4.91. The van der Waals surface area contributed by atoms with E-state index in [2.05, 4.69) is 0 Å². The summed E-state index contributed by atoms with van der Waals surface area (Å²) in [4.78, 5) is 10.7. The maximum atomic E-state index is 12.7. The number of benzene rings is 1. The predicted molar refractivity (Wildman–Crippen MR) is 55.0 cm³/mol. The van der Waals surface area contributed by atoms with E-state index in [0.29, 0.717) is 11.4 Å². The Balaban J connectivity index is 2.55. The zero-order chi connectivity index (χ0) is 10.6. The van der Waals surface area contributed by atoms with E-state index in [9.17, 15) is 9.18 Å². The summed E-state index contributed by atoms with van der Waals surface area (Å²) < 4.78 is 12.7. The van der Waals surface area contributed by atoms with Gasteiger partial charge in [0, 0.05) is 11.4 Å². The van der Waals surface area contributed by atoms with Crippen LogP contribution in [0.15, 0.2) is 18.2 Å². The molecular formula is C11H12ClFO. The van der Waals surface area contributed by atoms with Crippen LogP contribution in [-0.4, -0.2) is 5.78 Å². The Bertz CT molecular complexity index is 336. The molecule has 0 radical (unpaired) electrons. The Hall–Kier alpha value is -0.890. The Morgan fingerprint density at radius 3 is 2.79 bits per heavy atom. The van der Waals surface area contributed by atoms with E-state index >= 15 is 0 Å². The predicted octanol–water partition coefficient (Wildman–Crippen LogP) is 3.39. The third-order valence-corrected chi connectivity index (χ3v) is 2.34. The van der Waals surface area contributed by atoms with Crippen molar-refractivity contribution in [2.75, 3.05) is 0 Å². The maximum Gasteiger partial charge on any atom is 0.129 e. The van der Waals surface area contributed by atoms with Crippen LogP contribution in [0, 0.1) is 5.82 Å². The first-order chi connectivity index (χ1) is 6.59. The van der Waals surface area contributed by atoms with Crippen LogP contribution >= 0.6 is 11.6 Å². The third kappa shape index (κ3) is 3.46. The Morgan fingerprint density at radius 1 is 1.50 bits per heavy atom. The molecule has 0 aliphatic carbocycles. The maximum absolute atomic E-state index is 12.7. The minimum atomic E-state index is -0.328. The van der Waals surface area contributed by atoms with Crippen LogP contribution in [0.25, 0.3) is 0 Å². The number of rotatable bonds is 4. The summed E-state index contributed by atoms with van der Waals surface area (Å²) in [5.41, 5.74) is 0.898. The molecule has 1 aromatic carbocycles. The smallest absolute Gasteiger partial charge is 0.129 e. The molecule has 0 bridgehead atoms. The van der Waals surface area contributed by atoms with Gasteiger partial charge in [-0.25, -0.2) is 4.39 Å². The van der Waals surface area contributed by atoms with Gasteiger partial charge in [0.15, 0.2) is 0 Å². The second kappa shape index (κ2) is 5.11. The molecule has 14 heavy (non-hydrogen) atoms. The van der Waals surface area contributed by atoms with Gasteiger partial charge in [-0.15, -0.1) is 0 Å². The molecule has 0 saturated heterocycles. The number of carbonyl (C=O) groups is 1. The van der Waals surface area contributed by atoms with Gasteiger partial charge in [0.2, 0.25) is 0 Å². The SMILES string of the molecule is CC(=O)CCCc1ccc(F)cc1Cl. The molecule has 1 aromatic rings. The highest BCUT2D eigenvalue weighted by Gasteiger charge is 2.02. The van der Waals surface area contributed by atoms with Crippen molar-refractivity contribution in [3.8, 4) is 0 Å². The molecule has 0 N–H and O–H groups in total. The van der Waals surface area contributed by atoms with E-state index in [1.165, 1.54) is 12.1 Å². The third-order valence-electron chi connectivity index (χ3n) is 1.99. The zero-order valence-electron chi connectivity index (χ0n) is 8.02.